The Kier molecular flexibility index (Phi) is 2.21. The van der Waals surface area contributed by atoms with E-state index in [0.717, 1.165) is 4.80 Å². The number of sulfonamides is 1. The van der Waals surface area contributed by atoms with Gasteiger partial charge in [-0.25, -0.2) is 13.6 Å². The van der Waals surface area contributed by atoms with Crippen molar-refractivity contribution in [3.63, 3.8) is 0 Å². The van der Waals surface area contributed by atoms with Gasteiger partial charge in [-0.15, -0.1) is 15.0 Å². The highest BCUT2D eigenvalue weighted by Gasteiger charge is 2.15. The minimum absolute atomic E-state index is 0.0389. The van der Waals surface area contributed by atoms with Crippen LogP contribution in [0, 0.1) is 0 Å². The summed E-state index contributed by atoms with van der Waals surface area (Å²) in [4.78, 5) is 1.06. The van der Waals surface area contributed by atoms with Crippen LogP contribution in [0.15, 0.2) is 35.5 Å². The zero-order chi connectivity index (χ0) is 10.9. The van der Waals surface area contributed by atoms with Crippen molar-refractivity contribution in [2.75, 3.05) is 0 Å². The smallest absolute Gasteiger partial charge is 0.225 e. The van der Waals surface area contributed by atoms with E-state index in [9.17, 15) is 8.42 Å². The Hall–Kier alpha value is -1.80. The number of hydrogen-bond acceptors (Lipinski definition) is 5. The average molecular weight is 225 g/mol. The summed E-state index contributed by atoms with van der Waals surface area (Å²) >= 11 is 0. The molecule has 0 amide bonds. The molecule has 1 heterocycles. The lowest BCUT2D eigenvalue weighted by Gasteiger charge is -2.04. The SMILES string of the molecule is NS(=O)(=O)c1ccccc1-n1ncnn1. The molecule has 78 valence electrons. The van der Waals surface area contributed by atoms with Crippen LogP contribution in [0.4, 0.5) is 0 Å². The maximum Gasteiger partial charge on any atom is 0.240 e. The molecule has 0 saturated carbocycles. The van der Waals surface area contributed by atoms with Crippen molar-refractivity contribution in [2.24, 2.45) is 5.14 Å². The highest BCUT2D eigenvalue weighted by atomic mass is 32.2. The summed E-state index contributed by atoms with van der Waals surface area (Å²) in [6.07, 6.45) is 1.21. The van der Waals surface area contributed by atoms with Gasteiger partial charge in [-0.1, -0.05) is 12.1 Å². The molecule has 8 heteroatoms. The molecule has 0 aliphatic heterocycles. The third-order valence-corrected chi connectivity index (χ3v) is 2.69. The normalized spacial score (nSPS) is 11.5. The highest BCUT2D eigenvalue weighted by molar-refractivity contribution is 7.89. The van der Waals surface area contributed by atoms with Gasteiger partial charge >= 0.3 is 0 Å². The van der Waals surface area contributed by atoms with E-state index in [0.29, 0.717) is 0 Å². The van der Waals surface area contributed by atoms with E-state index in [-0.39, 0.29) is 10.6 Å². The number of nitrogens with zero attached hydrogens (tertiary/aromatic N) is 4. The molecule has 2 rings (SSSR count). The zero-order valence-corrected chi connectivity index (χ0v) is 8.29. The van der Waals surface area contributed by atoms with Gasteiger partial charge in [0.25, 0.3) is 0 Å². The summed E-state index contributed by atoms with van der Waals surface area (Å²) < 4.78 is 22.5. The molecule has 0 aliphatic rings. The molecule has 15 heavy (non-hydrogen) atoms. The number of rotatable bonds is 2. The topological polar surface area (TPSA) is 104 Å². The van der Waals surface area contributed by atoms with Crippen molar-refractivity contribution < 1.29 is 8.42 Å². The zero-order valence-electron chi connectivity index (χ0n) is 7.48. The van der Waals surface area contributed by atoms with Crippen molar-refractivity contribution in [1.29, 1.82) is 0 Å². The molecule has 0 spiro atoms. The van der Waals surface area contributed by atoms with Gasteiger partial charge < -0.3 is 0 Å². The van der Waals surface area contributed by atoms with Crippen LogP contribution in [0.3, 0.4) is 0 Å². The standard InChI is InChI=1S/C7H7N5O2S/c8-15(13,14)7-4-2-1-3-6(7)12-10-5-9-11-12/h1-5H,(H2,8,13,14). The number of aromatic nitrogens is 4. The second kappa shape index (κ2) is 3.41. The van der Waals surface area contributed by atoms with Crippen LogP contribution in [0.2, 0.25) is 0 Å². The van der Waals surface area contributed by atoms with Gasteiger partial charge in [0.05, 0.1) is 0 Å². The Morgan fingerprint density at radius 3 is 2.60 bits per heavy atom. The fourth-order valence-corrected chi connectivity index (χ4v) is 1.85. The molecule has 0 saturated heterocycles. The molecule has 0 unspecified atom stereocenters. The van der Waals surface area contributed by atoms with Crippen molar-refractivity contribution in [1.82, 2.24) is 20.2 Å². The number of primary sulfonamides is 1. The predicted molar refractivity (Wildman–Crippen MR) is 50.5 cm³/mol. The molecule has 2 aromatic rings. The first-order valence-corrected chi connectivity index (χ1v) is 5.49. The Labute approximate surface area is 85.6 Å². The molecule has 0 atom stereocenters. The van der Waals surface area contributed by atoms with Gasteiger partial charge in [-0.3, -0.25) is 0 Å². The maximum atomic E-state index is 11.2. The fraction of sp³-hybridized carbons (Fsp3) is 0. The van der Waals surface area contributed by atoms with Crippen LogP contribution in [0.5, 0.6) is 0 Å². The van der Waals surface area contributed by atoms with Gasteiger partial charge in [0.15, 0.2) is 6.33 Å². The second-order valence-corrected chi connectivity index (χ2v) is 4.27. The number of nitrogens with two attached hydrogens (primary N) is 1. The van der Waals surface area contributed by atoms with Crippen LogP contribution >= 0.6 is 0 Å². The van der Waals surface area contributed by atoms with Crippen LogP contribution in [0.25, 0.3) is 5.69 Å². The summed E-state index contributed by atoms with van der Waals surface area (Å²) in [5.41, 5.74) is 0.275. The van der Waals surface area contributed by atoms with E-state index in [2.05, 4.69) is 15.4 Å². The summed E-state index contributed by atoms with van der Waals surface area (Å²) in [5.74, 6) is 0. The molecule has 0 fully saturated rings. The van der Waals surface area contributed by atoms with E-state index >= 15 is 0 Å². The summed E-state index contributed by atoms with van der Waals surface area (Å²) in [5, 5.41) is 15.9. The third-order valence-electron chi connectivity index (χ3n) is 1.74. The second-order valence-electron chi connectivity index (χ2n) is 2.74. The first-order chi connectivity index (χ1) is 7.09. The summed E-state index contributed by atoms with van der Waals surface area (Å²) in [6.45, 7) is 0. The molecule has 1 aromatic heterocycles. The lowest BCUT2D eigenvalue weighted by molar-refractivity contribution is 0.595. The third kappa shape index (κ3) is 1.85. The van der Waals surface area contributed by atoms with Crippen LogP contribution in [-0.2, 0) is 10.0 Å². The summed E-state index contributed by atoms with van der Waals surface area (Å²) in [6, 6.07) is 6.16. The Balaban J connectivity index is 2.68. The lowest BCUT2D eigenvalue weighted by atomic mass is 10.3. The minimum atomic E-state index is -3.79. The van der Waals surface area contributed by atoms with Gasteiger partial charge in [-0.05, 0) is 17.3 Å². The van der Waals surface area contributed by atoms with Gasteiger partial charge in [0.2, 0.25) is 10.0 Å². The molecule has 2 N–H and O–H groups in total. The van der Waals surface area contributed by atoms with Crippen molar-refractivity contribution >= 4 is 10.0 Å². The first kappa shape index (κ1) is 9.74. The Morgan fingerprint density at radius 2 is 2.00 bits per heavy atom. The van der Waals surface area contributed by atoms with E-state index in [1.54, 1.807) is 18.2 Å². The molecule has 0 bridgehead atoms. The fourth-order valence-electron chi connectivity index (χ4n) is 1.14. The predicted octanol–water partition coefficient (Wildman–Crippen LogP) is -0.690. The Bertz CT molecular complexity index is 563. The maximum absolute atomic E-state index is 11.2. The van der Waals surface area contributed by atoms with Gasteiger partial charge in [0.1, 0.15) is 10.6 Å². The number of hydrogen-bond donors (Lipinski definition) is 1. The number of tetrazole rings is 1. The van der Waals surface area contributed by atoms with Gasteiger partial charge in [0, 0.05) is 0 Å². The van der Waals surface area contributed by atoms with Crippen molar-refractivity contribution in [3.05, 3.63) is 30.6 Å². The molecule has 0 radical (unpaired) electrons. The number of para-hydroxylation sites is 1. The molecule has 7 nitrogen and oxygen atoms in total. The Morgan fingerprint density at radius 1 is 1.27 bits per heavy atom. The van der Waals surface area contributed by atoms with E-state index in [1.165, 1.54) is 12.4 Å². The molecule has 1 aromatic carbocycles. The number of benzene rings is 1. The lowest BCUT2D eigenvalue weighted by Crippen LogP contribution is -2.16. The quantitative estimate of drug-likeness (QED) is 0.728. The van der Waals surface area contributed by atoms with Crippen LogP contribution in [0.1, 0.15) is 0 Å². The average Bonchev–Trinajstić information content (AvgIpc) is 2.69. The largest absolute Gasteiger partial charge is 0.240 e. The van der Waals surface area contributed by atoms with Gasteiger partial charge in [-0.2, -0.15) is 0 Å². The van der Waals surface area contributed by atoms with Crippen LogP contribution in [-0.4, -0.2) is 28.6 Å². The van der Waals surface area contributed by atoms with Crippen molar-refractivity contribution in [3.8, 4) is 5.69 Å². The summed E-state index contributed by atoms with van der Waals surface area (Å²) in [7, 11) is -3.79. The van der Waals surface area contributed by atoms with E-state index in [1.807, 2.05) is 0 Å². The molecular weight excluding hydrogens is 218 g/mol. The highest BCUT2D eigenvalue weighted by Crippen LogP contribution is 2.15. The molecule has 0 aliphatic carbocycles. The van der Waals surface area contributed by atoms with Crippen LogP contribution < -0.4 is 5.14 Å². The first-order valence-electron chi connectivity index (χ1n) is 3.94. The monoisotopic (exact) mass is 225 g/mol. The van der Waals surface area contributed by atoms with Crippen molar-refractivity contribution in [2.45, 2.75) is 4.90 Å². The van der Waals surface area contributed by atoms with E-state index < -0.39 is 10.0 Å². The molecular formula is C7H7N5O2S. The van der Waals surface area contributed by atoms with E-state index in [4.69, 9.17) is 5.14 Å². The minimum Gasteiger partial charge on any atom is -0.225 e.